The minimum atomic E-state index is -0.486. The molecule has 20 heavy (non-hydrogen) atoms. The Balaban J connectivity index is 2.22. The molecule has 4 nitrogen and oxygen atoms in total. The summed E-state index contributed by atoms with van der Waals surface area (Å²) in [5, 5.41) is 0. The van der Waals surface area contributed by atoms with E-state index in [2.05, 4.69) is 15.9 Å². The van der Waals surface area contributed by atoms with Crippen molar-refractivity contribution in [2.75, 3.05) is 13.2 Å². The molecular weight excluding hydrogens is 322 g/mol. The monoisotopic (exact) mass is 341 g/mol. The number of nitrogens with zero attached hydrogens (tertiary/aromatic N) is 1. The first-order valence-electron chi connectivity index (χ1n) is 6.66. The molecule has 0 aliphatic carbocycles. The lowest BCUT2D eigenvalue weighted by Gasteiger charge is -2.26. The molecule has 2 rings (SSSR count). The number of fused-ring (bicyclic) bond motifs is 1. The molecule has 1 aromatic carbocycles. The molecule has 0 aromatic heterocycles. The van der Waals surface area contributed by atoms with Crippen LogP contribution in [-0.2, 0) is 11.3 Å². The largest absolute Gasteiger partial charge is 0.491 e. The third-order valence-corrected chi connectivity index (χ3v) is 3.39. The second-order valence-electron chi connectivity index (χ2n) is 5.96. The summed E-state index contributed by atoms with van der Waals surface area (Å²) in [5.74, 6) is 0.874. The van der Waals surface area contributed by atoms with E-state index in [1.807, 2.05) is 39.8 Å². The van der Waals surface area contributed by atoms with Gasteiger partial charge in [-0.3, -0.25) is 0 Å². The number of halogens is 1. The molecule has 1 amide bonds. The highest BCUT2D eigenvalue weighted by Crippen LogP contribution is 2.31. The van der Waals surface area contributed by atoms with Crippen LogP contribution in [0.2, 0.25) is 0 Å². The summed E-state index contributed by atoms with van der Waals surface area (Å²) in [5.41, 5.74) is 1.58. The van der Waals surface area contributed by atoms with Gasteiger partial charge in [-0.05, 0) is 45.4 Å². The van der Waals surface area contributed by atoms with E-state index >= 15 is 0 Å². The Bertz CT molecular complexity index is 523. The smallest absolute Gasteiger partial charge is 0.410 e. The number of rotatable bonds is 0. The zero-order chi connectivity index (χ0) is 14.9. The van der Waals surface area contributed by atoms with Gasteiger partial charge in [0, 0.05) is 10.0 Å². The Hall–Kier alpha value is -1.23. The van der Waals surface area contributed by atoms with E-state index in [4.69, 9.17) is 9.47 Å². The number of amides is 1. The van der Waals surface area contributed by atoms with Crippen molar-refractivity contribution in [1.82, 2.24) is 4.90 Å². The summed E-state index contributed by atoms with van der Waals surface area (Å²) in [6, 6.07) is 4.01. The second-order valence-corrected chi connectivity index (χ2v) is 6.88. The van der Waals surface area contributed by atoms with Crippen LogP contribution in [0.5, 0.6) is 5.75 Å². The predicted octanol–water partition coefficient (Wildman–Crippen LogP) is 3.89. The summed E-state index contributed by atoms with van der Waals surface area (Å²) < 4.78 is 12.2. The zero-order valence-corrected chi connectivity index (χ0v) is 13.9. The summed E-state index contributed by atoms with van der Waals surface area (Å²) in [6.45, 7) is 9.13. The third-order valence-electron chi connectivity index (χ3n) is 2.94. The maximum Gasteiger partial charge on any atom is 0.410 e. The quantitative estimate of drug-likeness (QED) is 0.718. The Morgan fingerprint density at radius 3 is 2.75 bits per heavy atom. The van der Waals surface area contributed by atoms with E-state index < -0.39 is 5.60 Å². The van der Waals surface area contributed by atoms with Crippen LogP contribution < -0.4 is 4.74 Å². The first-order chi connectivity index (χ1) is 9.26. The van der Waals surface area contributed by atoms with Gasteiger partial charge in [-0.2, -0.15) is 0 Å². The molecule has 1 aliphatic rings. The van der Waals surface area contributed by atoms with Crippen LogP contribution in [0, 0.1) is 6.92 Å². The summed E-state index contributed by atoms with van der Waals surface area (Å²) in [7, 11) is 0. The van der Waals surface area contributed by atoms with Gasteiger partial charge in [-0.1, -0.05) is 15.9 Å². The SMILES string of the molecule is Cc1cc(Br)cc2c1OCCN(C(=O)OC(C)(C)C)C2. The number of carbonyl (C=O) groups excluding carboxylic acids is 1. The van der Waals surface area contributed by atoms with Gasteiger partial charge in [0.15, 0.2) is 0 Å². The van der Waals surface area contributed by atoms with Gasteiger partial charge in [0.05, 0.1) is 13.1 Å². The molecule has 1 heterocycles. The predicted molar refractivity (Wildman–Crippen MR) is 81.0 cm³/mol. The first kappa shape index (κ1) is 15.2. The Kier molecular flexibility index (Phi) is 4.28. The summed E-state index contributed by atoms with van der Waals surface area (Å²) in [4.78, 5) is 13.9. The van der Waals surface area contributed by atoms with Crippen molar-refractivity contribution in [3.8, 4) is 5.75 Å². The van der Waals surface area contributed by atoms with Gasteiger partial charge in [0.25, 0.3) is 0 Å². The molecule has 0 saturated carbocycles. The topological polar surface area (TPSA) is 38.8 Å². The fourth-order valence-electron chi connectivity index (χ4n) is 2.15. The number of benzene rings is 1. The molecule has 5 heteroatoms. The summed E-state index contributed by atoms with van der Waals surface area (Å²) >= 11 is 3.48. The molecule has 0 spiro atoms. The average Bonchev–Trinajstić information content (AvgIpc) is 2.48. The number of hydrogen-bond acceptors (Lipinski definition) is 3. The highest BCUT2D eigenvalue weighted by molar-refractivity contribution is 9.10. The highest BCUT2D eigenvalue weighted by atomic mass is 79.9. The van der Waals surface area contributed by atoms with E-state index in [1.165, 1.54) is 0 Å². The molecule has 1 aromatic rings. The normalized spacial score (nSPS) is 15.2. The van der Waals surface area contributed by atoms with Crippen molar-refractivity contribution in [3.05, 3.63) is 27.7 Å². The van der Waals surface area contributed by atoms with Crippen LogP contribution in [0.15, 0.2) is 16.6 Å². The van der Waals surface area contributed by atoms with Gasteiger partial charge in [-0.25, -0.2) is 4.79 Å². The highest BCUT2D eigenvalue weighted by Gasteiger charge is 2.25. The van der Waals surface area contributed by atoms with Crippen molar-refractivity contribution in [2.45, 2.75) is 39.8 Å². The number of ether oxygens (including phenoxy) is 2. The maximum atomic E-state index is 12.2. The van der Waals surface area contributed by atoms with E-state index in [-0.39, 0.29) is 6.09 Å². The van der Waals surface area contributed by atoms with E-state index in [1.54, 1.807) is 4.90 Å². The summed E-state index contributed by atoms with van der Waals surface area (Å²) in [6.07, 6.45) is -0.299. The molecule has 0 radical (unpaired) electrons. The molecule has 0 atom stereocenters. The van der Waals surface area contributed by atoms with Gasteiger partial charge in [-0.15, -0.1) is 0 Å². The zero-order valence-electron chi connectivity index (χ0n) is 12.3. The third kappa shape index (κ3) is 3.66. The average molecular weight is 342 g/mol. The van der Waals surface area contributed by atoms with E-state index in [0.717, 1.165) is 21.3 Å². The molecule has 0 bridgehead atoms. The lowest BCUT2D eigenvalue weighted by Crippen LogP contribution is -2.37. The van der Waals surface area contributed by atoms with Gasteiger partial charge in [0.1, 0.15) is 18.0 Å². The molecule has 0 N–H and O–H groups in total. The number of hydrogen-bond donors (Lipinski definition) is 0. The van der Waals surface area contributed by atoms with E-state index in [0.29, 0.717) is 19.7 Å². The standard InChI is InChI=1S/C15H20BrNO3/c1-10-7-12(16)8-11-9-17(5-6-19-13(10)11)14(18)20-15(2,3)4/h7-8H,5-6,9H2,1-4H3. The first-order valence-corrected chi connectivity index (χ1v) is 7.45. The van der Waals surface area contributed by atoms with Crippen molar-refractivity contribution >= 4 is 22.0 Å². The lowest BCUT2D eigenvalue weighted by molar-refractivity contribution is 0.0225. The van der Waals surface area contributed by atoms with E-state index in [9.17, 15) is 4.79 Å². The maximum absolute atomic E-state index is 12.2. The molecule has 1 aliphatic heterocycles. The van der Waals surface area contributed by atoms with Gasteiger partial charge < -0.3 is 14.4 Å². The minimum Gasteiger partial charge on any atom is -0.491 e. The second kappa shape index (κ2) is 5.64. The fraction of sp³-hybridized carbons (Fsp3) is 0.533. The van der Waals surface area contributed by atoms with Crippen molar-refractivity contribution < 1.29 is 14.3 Å². The Morgan fingerprint density at radius 2 is 2.10 bits per heavy atom. The van der Waals surface area contributed by atoms with Crippen molar-refractivity contribution in [3.63, 3.8) is 0 Å². The van der Waals surface area contributed by atoms with Crippen LogP contribution in [-0.4, -0.2) is 29.7 Å². The number of aryl methyl sites for hydroxylation is 1. The fourth-order valence-corrected chi connectivity index (χ4v) is 2.77. The Morgan fingerprint density at radius 1 is 1.40 bits per heavy atom. The molecule has 0 fully saturated rings. The van der Waals surface area contributed by atoms with Gasteiger partial charge >= 0.3 is 6.09 Å². The molecule has 0 saturated heterocycles. The van der Waals surface area contributed by atoms with Gasteiger partial charge in [0.2, 0.25) is 0 Å². The number of carbonyl (C=O) groups is 1. The minimum absolute atomic E-state index is 0.299. The van der Waals surface area contributed by atoms with Crippen molar-refractivity contribution in [1.29, 1.82) is 0 Å². The van der Waals surface area contributed by atoms with Crippen LogP contribution in [0.1, 0.15) is 31.9 Å². The van der Waals surface area contributed by atoms with Crippen LogP contribution >= 0.6 is 15.9 Å². The van der Waals surface area contributed by atoms with Crippen molar-refractivity contribution in [2.24, 2.45) is 0 Å². The Labute approximate surface area is 128 Å². The molecular formula is C15H20BrNO3. The molecule has 0 unspecified atom stereocenters. The lowest BCUT2D eigenvalue weighted by atomic mass is 10.1. The molecule has 110 valence electrons. The van der Waals surface area contributed by atoms with Crippen LogP contribution in [0.25, 0.3) is 0 Å². The van der Waals surface area contributed by atoms with Crippen LogP contribution in [0.3, 0.4) is 0 Å². The van der Waals surface area contributed by atoms with Crippen LogP contribution in [0.4, 0.5) is 4.79 Å².